The van der Waals surface area contributed by atoms with E-state index in [1.54, 1.807) is 17.3 Å². The van der Waals surface area contributed by atoms with E-state index in [1.807, 2.05) is 54.9 Å². The molecule has 0 aliphatic rings. The van der Waals surface area contributed by atoms with Crippen molar-refractivity contribution in [2.24, 2.45) is 0 Å². The number of nitrogens with zero attached hydrogens (tertiary/aromatic N) is 4. The first-order chi connectivity index (χ1) is 11.2. The van der Waals surface area contributed by atoms with Crippen LogP contribution in [0.4, 0.5) is 0 Å². The molecule has 0 spiro atoms. The zero-order chi connectivity index (χ0) is 16.2. The average Bonchev–Trinajstić information content (AvgIpc) is 2.98. The Balaban J connectivity index is 1.82. The van der Waals surface area contributed by atoms with Gasteiger partial charge in [-0.1, -0.05) is 13.0 Å². The van der Waals surface area contributed by atoms with Crippen LogP contribution in [-0.2, 0) is 12.8 Å². The van der Waals surface area contributed by atoms with E-state index in [-0.39, 0.29) is 5.91 Å². The van der Waals surface area contributed by atoms with Gasteiger partial charge >= 0.3 is 0 Å². The second kappa shape index (κ2) is 6.60. The van der Waals surface area contributed by atoms with Crippen molar-refractivity contribution in [2.45, 2.75) is 19.8 Å². The van der Waals surface area contributed by atoms with Crippen molar-refractivity contribution in [1.82, 2.24) is 19.3 Å². The van der Waals surface area contributed by atoms with Gasteiger partial charge in [0.25, 0.3) is 5.91 Å². The molecule has 118 valence electrons. The number of imidazole rings is 1. The standard InChI is InChI=1S/C18H20N4O/c1-3-15-17(22-12-5-4-6-16(22)20-15)18(23)21(2)13-9-14-7-10-19-11-8-14/h4-8,10-12H,3,9,13H2,1-2H3. The topological polar surface area (TPSA) is 50.5 Å². The number of aryl methyl sites for hydroxylation is 1. The van der Waals surface area contributed by atoms with E-state index in [4.69, 9.17) is 0 Å². The molecule has 0 bridgehead atoms. The Bertz CT molecular complexity index is 810. The predicted octanol–water partition coefficient (Wildman–Crippen LogP) is 2.61. The largest absolute Gasteiger partial charge is 0.340 e. The maximum Gasteiger partial charge on any atom is 0.272 e. The number of carbonyl (C=O) groups excluding carboxylic acids is 1. The molecule has 0 unspecified atom stereocenters. The monoisotopic (exact) mass is 308 g/mol. The summed E-state index contributed by atoms with van der Waals surface area (Å²) in [6.45, 7) is 2.68. The maximum atomic E-state index is 12.9. The zero-order valence-electron chi connectivity index (χ0n) is 13.4. The smallest absolute Gasteiger partial charge is 0.272 e. The van der Waals surface area contributed by atoms with Crippen LogP contribution in [0.5, 0.6) is 0 Å². The molecule has 5 nitrogen and oxygen atoms in total. The molecule has 23 heavy (non-hydrogen) atoms. The van der Waals surface area contributed by atoms with Crippen LogP contribution in [-0.4, -0.2) is 38.8 Å². The highest BCUT2D eigenvalue weighted by Crippen LogP contribution is 2.15. The Hall–Kier alpha value is -2.69. The molecule has 0 aliphatic carbocycles. The van der Waals surface area contributed by atoms with Gasteiger partial charge in [0, 0.05) is 32.2 Å². The second-order valence-corrected chi connectivity index (χ2v) is 5.52. The minimum Gasteiger partial charge on any atom is -0.340 e. The molecule has 0 aliphatic heterocycles. The van der Waals surface area contributed by atoms with E-state index in [0.717, 1.165) is 24.2 Å². The zero-order valence-corrected chi connectivity index (χ0v) is 13.4. The van der Waals surface area contributed by atoms with Crippen LogP contribution in [0.1, 0.15) is 28.7 Å². The van der Waals surface area contributed by atoms with Gasteiger partial charge in [-0.15, -0.1) is 0 Å². The van der Waals surface area contributed by atoms with E-state index in [2.05, 4.69) is 9.97 Å². The number of amides is 1. The second-order valence-electron chi connectivity index (χ2n) is 5.52. The van der Waals surface area contributed by atoms with Crippen molar-refractivity contribution in [3.05, 3.63) is 65.9 Å². The van der Waals surface area contributed by atoms with Gasteiger partial charge in [0.15, 0.2) is 0 Å². The van der Waals surface area contributed by atoms with Crippen LogP contribution in [0.2, 0.25) is 0 Å². The molecule has 3 aromatic heterocycles. The van der Waals surface area contributed by atoms with Gasteiger partial charge in [0.05, 0.1) is 5.69 Å². The van der Waals surface area contributed by atoms with Crippen molar-refractivity contribution in [3.8, 4) is 0 Å². The third-order valence-corrected chi connectivity index (χ3v) is 3.97. The summed E-state index contributed by atoms with van der Waals surface area (Å²) in [5, 5.41) is 0. The molecule has 0 saturated carbocycles. The van der Waals surface area contributed by atoms with E-state index in [0.29, 0.717) is 12.2 Å². The summed E-state index contributed by atoms with van der Waals surface area (Å²) < 4.78 is 1.88. The minimum absolute atomic E-state index is 0.00889. The Labute approximate surface area is 135 Å². The summed E-state index contributed by atoms with van der Waals surface area (Å²) in [6.07, 6.45) is 6.99. The highest BCUT2D eigenvalue weighted by atomic mass is 16.2. The number of carbonyl (C=O) groups is 1. The number of fused-ring (bicyclic) bond motifs is 1. The number of likely N-dealkylation sites (N-methyl/N-ethyl adjacent to an activating group) is 1. The first kappa shape index (κ1) is 15.2. The summed E-state index contributed by atoms with van der Waals surface area (Å²) in [5.74, 6) is 0.00889. The molecule has 0 fully saturated rings. The van der Waals surface area contributed by atoms with Gasteiger partial charge in [-0.25, -0.2) is 4.98 Å². The predicted molar refractivity (Wildman–Crippen MR) is 89.5 cm³/mol. The van der Waals surface area contributed by atoms with Gasteiger partial charge in [-0.3, -0.25) is 14.2 Å². The van der Waals surface area contributed by atoms with Crippen molar-refractivity contribution in [2.75, 3.05) is 13.6 Å². The number of hydrogen-bond donors (Lipinski definition) is 0. The summed E-state index contributed by atoms with van der Waals surface area (Å²) in [6, 6.07) is 9.73. The third-order valence-electron chi connectivity index (χ3n) is 3.97. The molecule has 1 amide bonds. The Kier molecular flexibility index (Phi) is 4.37. The normalized spacial score (nSPS) is 10.9. The molecule has 5 heteroatoms. The molecule has 0 aromatic carbocycles. The molecule has 0 radical (unpaired) electrons. The van der Waals surface area contributed by atoms with E-state index >= 15 is 0 Å². The summed E-state index contributed by atoms with van der Waals surface area (Å²) in [5.41, 5.74) is 3.50. The first-order valence-corrected chi connectivity index (χ1v) is 7.81. The molecule has 0 saturated heterocycles. The molecule has 0 atom stereocenters. The summed E-state index contributed by atoms with van der Waals surface area (Å²) >= 11 is 0. The van der Waals surface area contributed by atoms with Crippen LogP contribution in [0.25, 0.3) is 5.65 Å². The number of hydrogen-bond acceptors (Lipinski definition) is 3. The van der Waals surface area contributed by atoms with Gasteiger partial charge in [0.1, 0.15) is 11.3 Å². The number of pyridine rings is 2. The first-order valence-electron chi connectivity index (χ1n) is 7.81. The van der Waals surface area contributed by atoms with Crippen LogP contribution < -0.4 is 0 Å². The lowest BCUT2D eigenvalue weighted by atomic mass is 10.2. The van der Waals surface area contributed by atoms with Crippen molar-refractivity contribution in [1.29, 1.82) is 0 Å². The fourth-order valence-corrected chi connectivity index (χ4v) is 2.65. The lowest BCUT2D eigenvalue weighted by Crippen LogP contribution is -2.30. The highest BCUT2D eigenvalue weighted by Gasteiger charge is 2.21. The molecule has 3 rings (SSSR count). The Morgan fingerprint density at radius 2 is 2.00 bits per heavy atom. The Morgan fingerprint density at radius 3 is 2.74 bits per heavy atom. The molecule has 3 heterocycles. The van der Waals surface area contributed by atoms with Crippen LogP contribution in [0.15, 0.2) is 48.9 Å². The van der Waals surface area contributed by atoms with Crippen molar-refractivity contribution >= 4 is 11.6 Å². The van der Waals surface area contributed by atoms with E-state index in [9.17, 15) is 4.79 Å². The molecular formula is C18H20N4O. The van der Waals surface area contributed by atoms with Crippen molar-refractivity contribution < 1.29 is 4.79 Å². The lowest BCUT2D eigenvalue weighted by molar-refractivity contribution is 0.0788. The number of rotatable bonds is 5. The molecule has 3 aromatic rings. The maximum absolute atomic E-state index is 12.9. The fraction of sp³-hybridized carbons (Fsp3) is 0.278. The van der Waals surface area contributed by atoms with Gasteiger partial charge in [-0.05, 0) is 42.7 Å². The third kappa shape index (κ3) is 3.08. The lowest BCUT2D eigenvalue weighted by Gasteiger charge is -2.17. The van der Waals surface area contributed by atoms with E-state index in [1.165, 1.54) is 5.56 Å². The van der Waals surface area contributed by atoms with Crippen molar-refractivity contribution in [3.63, 3.8) is 0 Å². The fourth-order valence-electron chi connectivity index (χ4n) is 2.65. The summed E-state index contributed by atoms with van der Waals surface area (Å²) in [7, 11) is 1.84. The minimum atomic E-state index is 0.00889. The highest BCUT2D eigenvalue weighted by molar-refractivity contribution is 5.94. The summed E-state index contributed by atoms with van der Waals surface area (Å²) in [4.78, 5) is 23.2. The van der Waals surface area contributed by atoms with E-state index < -0.39 is 0 Å². The van der Waals surface area contributed by atoms with Crippen LogP contribution in [0, 0.1) is 0 Å². The quantitative estimate of drug-likeness (QED) is 0.728. The van der Waals surface area contributed by atoms with Gasteiger partial charge < -0.3 is 4.90 Å². The molecule has 0 N–H and O–H groups in total. The van der Waals surface area contributed by atoms with Crippen LogP contribution >= 0.6 is 0 Å². The van der Waals surface area contributed by atoms with Crippen LogP contribution in [0.3, 0.4) is 0 Å². The SMILES string of the molecule is CCc1nc2ccccn2c1C(=O)N(C)CCc1ccncc1. The molecular weight excluding hydrogens is 288 g/mol. The van der Waals surface area contributed by atoms with Gasteiger partial charge in [-0.2, -0.15) is 0 Å². The Morgan fingerprint density at radius 1 is 1.22 bits per heavy atom. The number of aromatic nitrogens is 3. The van der Waals surface area contributed by atoms with Gasteiger partial charge in [0.2, 0.25) is 0 Å². The average molecular weight is 308 g/mol.